The van der Waals surface area contributed by atoms with E-state index in [4.69, 9.17) is 5.73 Å². The first-order valence-electron chi connectivity index (χ1n) is 6.24. The lowest BCUT2D eigenvalue weighted by atomic mass is 10.1. The zero-order chi connectivity index (χ0) is 15.4. The molecular formula is C15H14F2N2O2. The van der Waals surface area contributed by atoms with Crippen molar-refractivity contribution in [3.05, 3.63) is 65.2 Å². The number of hydrogen-bond donors (Lipinski definition) is 3. The molecule has 0 saturated carbocycles. The molecule has 1 unspecified atom stereocenters. The number of carbonyl (C=O) groups is 1. The van der Waals surface area contributed by atoms with Crippen LogP contribution in [0.4, 0.5) is 14.5 Å². The molecular weight excluding hydrogens is 278 g/mol. The van der Waals surface area contributed by atoms with Gasteiger partial charge in [-0.15, -0.1) is 0 Å². The molecule has 0 aliphatic carbocycles. The molecule has 1 atom stereocenters. The summed E-state index contributed by atoms with van der Waals surface area (Å²) in [6.07, 6.45) is -0.967. The SMILES string of the molecule is Nc1ccc(C(O)CNC(=O)c2cc(F)ccc2F)cc1. The van der Waals surface area contributed by atoms with Crippen molar-refractivity contribution in [1.82, 2.24) is 5.32 Å². The summed E-state index contributed by atoms with van der Waals surface area (Å²) in [6.45, 7) is -0.126. The highest BCUT2D eigenvalue weighted by atomic mass is 19.1. The minimum atomic E-state index is -0.967. The Hall–Kier alpha value is -2.47. The van der Waals surface area contributed by atoms with Crippen molar-refractivity contribution >= 4 is 11.6 Å². The van der Waals surface area contributed by atoms with E-state index in [9.17, 15) is 18.7 Å². The van der Waals surface area contributed by atoms with Crippen LogP contribution < -0.4 is 11.1 Å². The van der Waals surface area contributed by atoms with Crippen LogP contribution in [-0.4, -0.2) is 17.6 Å². The van der Waals surface area contributed by atoms with E-state index < -0.39 is 29.2 Å². The Labute approximate surface area is 120 Å². The van der Waals surface area contributed by atoms with Gasteiger partial charge in [-0.1, -0.05) is 12.1 Å². The fourth-order valence-electron chi connectivity index (χ4n) is 1.79. The Bertz CT molecular complexity index is 645. The van der Waals surface area contributed by atoms with Crippen LogP contribution in [-0.2, 0) is 0 Å². The van der Waals surface area contributed by atoms with Gasteiger partial charge in [-0.25, -0.2) is 8.78 Å². The zero-order valence-electron chi connectivity index (χ0n) is 11.0. The molecule has 110 valence electrons. The fraction of sp³-hybridized carbons (Fsp3) is 0.133. The number of halogens is 2. The molecule has 2 aromatic carbocycles. The predicted octanol–water partition coefficient (Wildman–Crippen LogP) is 2.01. The van der Waals surface area contributed by atoms with Gasteiger partial charge in [-0.3, -0.25) is 4.79 Å². The minimum Gasteiger partial charge on any atom is -0.399 e. The second-order valence-electron chi connectivity index (χ2n) is 4.52. The lowest BCUT2D eigenvalue weighted by molar-refractivity contribution is 0.0912. The van der Waals surface area contributed by atoms with E-state index in [0.29, 0.717) is 11.3 Å². The normalized spacial score (nSPS) is 12.0. The van der Waals surface area contributed by atoms with Gasteiger partial charge >= 0.3 is 0 Å². The molecule has 4 N–H and O–H groups in total. The summed E-state index contributed by atoms with van der Waals surface area (Å²) in [5, 5.41) is 12.3. The third-order valence-corrected chi connectivity index (χ3v) is 2.95. The molecule has 0 radical (unpaired) electrons. The number of rotatable bonds is 4. The van der Waals surface area contributed by atoms with Crippen molar-refractivity contribution in [3.63, 3.8) is 0 Å². The van der Waals surface area contributed by atoms with E-state index in [1.54, 1.807) is 24.3 Å². The second kappa shape index (κ2) is 6.32. The van der Waals surface area contributed by atoms with Crippen LogP contribution in [0.2, 0.25) is 0 Å². The van der Waals surface area contributed by atoms with E-state index in [-0.39, 0.29) is 6.54 Å². The van der Waals surface area contributed by atoms with E-state index in [2.05, 4.69) is 5.32 Å². The topological polar surface area (TPSA) is 75.3 Å². The average molecular weight is 292 g/mol. The number of aliphatic hydroxyl groups is 1. The molecule has 0 aliphatic heterocycles. The maximum atomic E-state index is 13.4. The van der Waals surface area contributed by atoms with Gasteiger partial charge in [0.2, 0.25) is 0 Å². The highest BCUT2D eigenvalue weighted by Crippen LogP contribution is 2.14. The summed E-state index contributed by atoms with van der Waals surface area (Å²) in [5.74, 6) is -2.32. The average Bonchev–Trinajstić information content (AvgIpc) is 2.47. The first-order chi connectivity index (χ1) is 9.97. The molecule has 0 aliphatic rings. The van der Waals surface area contributed by atoms with Gasteiger partial charge in [0.15, 0.2) is 0 Å². The molecule has 1 amide bonds. The first kappa shape index (κ1) is 14.9. The summed E-state index contributed by atoms with van der Waals surface area (Å²) in [7, 11) is 0. The predicted molar refractivity (Wildman–Crippen MR) is 74.5 cm³/mol. The minimum absolute atomic E-state index is 0.126. The largest absolute Gasteiger partial charge is 0.399 e. The van der Waals surface area contributed by atoms with Crippen LogP contribution in [0.15, 0.2) is 42.5 Å². The number of carbonyl (C=O) groups excluding carboxylic acids is 1. The number of amides is 1. The lowest BCUT2D eigenvalue weighted by Gasteiger charge is -2.13. The maximum Gasteiger partial charge on any atom is 0.254 e. The van der Waals surface area contributed by atoms with Crippen molar-refractivity contribution in [2.75, 3.05) is 12.3 Å². The highest BCUT2D eigenvalue weighted by molar-refractivity contribution is 5.94. The zero-order valence-corrected chi connectivity index (χ0v) is 11.0. The molecule has 0 fully saturated rings. The molecule has 2 aromatic rings. The summed E-state index contributed by atoms with van der Waals surface area (Å²) in [5.41, 5.74) is 6.24. The summed E-state index contributed by atoms with van der Waals surface area (Å²) in [4.78, 5) is 11.8. The van der Waals surface area contributed by atoms with Crippen molar-refractivity contribution in [2.24, 2.45) is 0 Å². The van der Waals surface area contributed by atoms with Gasteiger partial charge in [-0.2, -0.15) is 0 Å². The number of benzene rings is 2. The van der Waals surface area contributed by atoms with Gasteiger partial charge < -0.3 is 16.2 Å². The molecule has 6 heteroatoms. The molecule has 0 aromatic heterocycles. The number of aliphatic hydroxyl groups excluding tert-OH is 1. The van der Waals surface area contributed by atoms with Crippen molar-refractivity contribution in [2.45, 2.75) is 6.10 Å². The second-order valence-corrected chi connectivity index (χ2v) is 4.52. The number of nitrogens with two attached hydrogens (primary N) is 1. The van der Waals surface area contributed by atoms with Crippen LogP contribution in [0.25, 0.3) is 0 Å². The summed E-state index contributed by atoms with van der Waals surface area (Å²) >= 11 is 0. The number of nitrogens with one attached hydrogen (secondary N) is 1. The number of hydrogen-bond acceptors (Lipinski definition) is 3. The first-order valence-corrected chi connectivity index (χ1v) is 6.24. The van der Waals surface area contributed by atoms with Crippen LogP contribution in [0, 0.1) is 11.6 Å². The van der Waals surface area contributed by atoms with Gasteiger partial charge in [0.1, 0.15) is 11.6 Å². The molecule has 21 heavy (non-hydrogen) atoms. The van der Waals surface area contributed by atoms with Crippen molar-refractivity contribution in [3.8, 4) is 0 Å². The molecule has 0 spiro atoms. The highest BCUT2D eigenvalue weighted by Gasteiger charge is 2.15. The Kier molecular flexibility index (Phi) is 4.49. The fourth-order valence-corrected chi connectivity index (χ4v) is 1.79. The van der Waals surface area contributed by atoms with Crippen molar-refractivity contribution in [1.29, 1.82) is 0 Å². The molecule has 4 nitrogen and oxygen atoms in total. The van der Waals surface area contributed by atoms with Crippen molar-refractivity contribution < 1.29 is 18.7 Å². The molecule has 0 heterocycles. The lowest BCUT2D eigenvalue weighted by Crippen LogP contribution is -2.29. The maximum absolute atomic E-state index is 13.4. The Morgan fingerprint density at radius 1 is 1.19 bits per heavy atom. The van der Waals surface area contributed by atoms with Crippen LogP contribution in [0.3, 0.4) is 0 Å². The van der Waals surface area contributed by atoms with Crippen LogP contribution >= 0.6 is 0 Å². The smallest absolute Gasteiger partial charge is 0.254 e. The van der Waals surface area contributed by atoms with E-state index >= 15 is 0 Å². The third kappa shape index (κ3) is 3.76. The number of anilines is 1. The Balaban J connectivity index is 2.00. The molecule has 0 saturated heterocycles. The van der Waals surface area contributed by atoms with E-state index in [1.807, 2.05) is 0 Å². The molecule has 2 rings (SSSR count). The van der Waals surface area contributed by atoms with E-state index in [1.165, 1.54) is 0 Å². The Morgan fingerprint density at radius 2 is 1.86 bits per heavy atom. The summed E-state index contributed by atoms with van der Waals surface area (Å²) < 4.78 is 26.4. The molecule has 0 bridgehead atoms. The summed E-state index contributed by atoms with van der Waals surface area (Å²) in [6, 6.07) is 9.08. The third-order valence-electron chi connectivity index (χ3n) is 2.95. The van der Waals surface area contributed by atoms with Crippen LogP contribution in [0.1, 0.15) is 22.0 Å². The van der Waals surface area contributed by atoms with Crippen LogP contribution in [0.5, 0.6) is 0 Å². The van der Waals surface area contributed by atoms with E-state index in [0.717, 1.165) is 18.2 Å². The standard InChI is InChI=1S/C15H14F2N2O2/c16-10-3-6-13(17)12(7-10)15(21)19-8-14(20)9-1-4-11(18)5-2-9/h1-7,14,20H,8,18H2,(H,19,21). The monoisotopic (exact) mass is 292 g/mol. The number of nitrogen functional groups attached to an aromatic ring is 1. The van der Waals surface area contributed by atoms with Gasteiger partial charge in [0.25, 0.3) is 5.91 Å². The van der Waals surface area contributed by atoms with Gasteiger partial charge in [0, 0.05) is 12.2 Å². The Morgan fingerprint density at radius 3 is 2.52 bits per heavy atom. The van der Waals surface area contributed by atoms with Gasteiger partial charge in [0.05, 0.1) is 11.7 Å². The quantitative estimate of drug-likeness (QED) is 0.755. The van der Waals surface area contributed by atoms with Gasteiger partial charge in [-0.05, 0) is 35.9 Å².